The number of hydrogen-bond acceptors (Lipinski definition) is 13. The zero-order valence-electron chi connectivity index (χ0n) is 50.8. The van der Waals surface area contributed by atoms with E-state index in [0.29, 0.717) is 23.5 Å². The summed E-state index contributed by atoms with van der Waals surface area (Å²) in [6.07, 6.45) is -10.9. The minimum Gasteiger partial charge on any atom is -0.497 e. The highest BCUT2D eigenvalue weighted by Gasteiger charge is 2.50. The van der Waals surface area contributed by atoms with Crippen molar-refractivity contribution in [2.75, 3.05) is 44.7 Å². The van der Waals surface area contributed by atoms with Crippen LogP contribution in [0.3, 0.4) is 0 Å². The van der Waals surface area contributed by atoms with Gasteiger partial charge in [-0.15, -0.1) is 0 Å². The van der Waals surface area contributed by atoms with Crippen LogP contribution in [-0.4, -0.2) is 118 Å². The van der Waals surface area contributed by atoms with E-state index in [4.69, 9.17) is 37.9 Å². The van der Waals surface area contributed by atoms with Gasteiger partial charge in [-0.3, -0.25) is 14.4 Å². The molecular formula is C63H82F6N6O13. The van der Waals surface area contributed by atoms with E-state index in [-0.39, 0.29) is 57.1 Å². The van der Waals surface area contributed by atoms with Crippen molar-refractivity contribution in [1.82, 2.24) is 21.3 Å². The number of halogens is 6. The zero-order valence-corrected chi connectivity index (χ0v) is 50.8. The lowest BCUT2D eigenvalue weighted by Gasteiger charge is -2.49. The number of nitrogens with one attached hydrogen (secondary N) is 6. The summed E-state index contributed by atoms with van der Waals surface area (Å²) in [6, 6.07) is 14.8. The first-order valence-corrected chi connectivity index (χ1v) is 29.4. The highest BCUT2D eigenvalue weighted by atomic mass is 19.4. The fourth-order valence-electron chi connectivity index (χ4n) is 10.0. The van der Waals surface area contributed by atoms with Crippen LogP contribution >= 0.6 is 0 Å². The fourth-order valence-corrected chi connectivity index (χ4v) is 10.0. The summed E-state index contributed by atoms with van der Waals surface area (Å²) in [5, 5.41) is 16.3. The predicted octanol–water partition coefficient (Wildman–Crippen LogP) is 11.1. The minimum absolute atomic E-state index is 0.0102. The van der Waals surface area contributed by atoms with Crippen molar-refractivity contribution in [1.29, 1.82) is 0 Å². The molecule has 2 aliphatic rings. The van der Waals surface area contributed by atoms with Gasteiger partial charge < -0.3 is 69.8 Å². The van der Waals surface area contributed by atoms with Crippen LogP contribution < -0.4 is 41.4 Å². The second-order valence-corrected chi connectivity index (χ2v) is 22.9. The molecule has 484 valence electrons. The number of esters is 1. The van der Waals surface area contributed by atoms with Gasteiger partial charge in [0.05, 0.1) is 82.6 Å². The predicted molar refractivity (Wildman–Crippen MR) is 314 cm³/mol. The molecule has 19 nitrogen and oxygen atoms in total. The molecule has 0 saturated carbocycles. The third-order valence-electron chi connectivity index (χ3n) is 15.0. The van der Waals surface area contributed by atoms with Gasteiger partial charge in [-0.25, -0.2) is 9.59 Å². The summed E-state index contributed by atoms with van der Waals surface area (Å²) < 4.78 is 132. The molecule has 2 saturated heterocycles. The fraction of sp³-hybridized carbons (Fsp3) is 0.540. The highest BCUT2D eigenvalue weighted by Crippen LogP contribution is 2.36. The monoisotopic (exact) mass is 1240 g/mol. The Morgan fingerprint density at radius 3 is 1.69 bits per heavy atom. The van der Waals surface area contributed by atoms with Crippen molar-refractivity contribution in [3.05, 3.63) is 119 Å². The van der Waals surface area contributed by atoms with Crippen LogP contribution in [0, 0.1) is 11.8 Å². The number of urea groups is 2. The molecule has 0 spiro atoms. The third-order valence-corrected chi connectivity index (χ3v) is 15.0. The number of carbonyl (C=O) groups excluding carboxylic acids is 5. The van der Waals surface area contributed by atoms with E-state index in [1.54, 1.807) is 64.1 Å². The molecule has 88 heavy (non-hydrogen) atoms. The van der Waals surface area contributed by atoms with E-state index in [2.05, 4.69) is 38.8 Å². The molecule has 6 N–H and O–H groups in total. The Balaban J connectivity index is 1.42. The van der Waals surface area contributed by atoms with Gasteiger partial charge in [-0.2, -0.15) is 26.3 Å². The van der Waals surface area contributed by atoms with Crippen molar-refractivity contribution in [2.45, 2.75) is 173 Å². The largest absolute Gasteiger partial charge is 0.497 e. The summed E-state index contributed by atoms with van der Waals surface area (Å²) in [4.78, 5) is 70.3. The van der Waals surface area contributed by atoms with Crippen molar-refractivity contribution in [3.63, 3.8) is 0 Å². The van der Waals surface area contributed by atoms with Gasteiger partial charge in [0.1, 0.15) is 35.3 Å². The molecule has 25 heteroatoms. The van der Waals surface area contributed by atoms with Gasteiger partial charge >= 0.3 is 30.4 Å². The number of hydrogen-bond donors (Lipinski definition) is 6. The molecule has 10 atom stereocenters. The number of alkyl halides is 6. The minimum atomic E-state index is -4.76. The Morgan fingerprint density at radius 2 is 1.17 bits per heavy atom. The van der Waals surface area contributed by atoms with Crippen LogP contribution in [0.4, 0.5) is 47.3 Å². The Bertz CT molecular complexity index is 2880. The average Bonchev–Trinajstić information content (AvgIpc) is 1.17. The molecule has 5 unspecified atom stereocenters. The molecule has 0 aromatic heterocycles. The lowest BCUT2D eigenvalue weighted by Crippen LogP contribution is -2.69. The Kier molecular flexibility index (Phi) is 26.1. The van der Waals surface area contributed by atoms with Crippen molar-refractivity contribution < 1.29 is 88.2 Å². The summed E-state index contributed by atoms with van der Waals surface area (Å²) in [5.41, 5.74) is -1.89. The maximum absolute atomic E-state index is 15.1. The van der Waals surface area contributed by atoms with E-state index in [1.165, 1.54) is 26.4 Å². The first kappa shape index (κ1) is 69.9. The molecule has 2 heterocycles. The van der Waals surface area contributed by atoms with E-state index in [9.17, 15) is 45.5 Å². The summed E-state index contributed by atoms with van der Waals surface area (Å²) in [7, 11) is 3.05. The summed E-state index contributed by atoms with van der Waals surface area (Å²) in [5.74, 6) is -1.78. The number of ether oxygens (including phenoxy) is 8. The van der Waals surface area contributed by atoms with E-state index >= 15 is 4.79 Å². The van der Waals surface area contributed by atoms with Gasteiger partial charge in [0, 0.05) is 24.2 Å². The lowest BCUT2D eigenvalue weighted by atomic mass is 9.82. The molecule has 6 rings (SSSR count). The van der Waals surface area contributed by atoms with Crippen molar-refractivity contribution >= 4 is 41.2 Å². The number of carbonyl (C=O) groups is 5. The Hall–Kier alpha value is -7.19. The average molecular weight is 1250 g/mol. The molecule has 6 amide bonds. The van der Waals surface area contributed by atoms with Crippen LogP contribution in [0.5, 0.6) is 11.5 Å². The highest BCUT2D eigenvalue weighted by molar-refractivity contribution is 5.91. The second-order valence-electron chi connectivity index (χ2n) is 22.9. The smallest absolute Gasteiger partial charge is 0.416 e. The van der Waals surface area contributed by atoms with Crippen molar-refractivity contribution in [3.8, 4) is 11.5 Å². The topological polar surface area (TPSA) is 231 Å². The van der Waals surface area contributed by atoms with Crippen molar-refractivity contribution in [2.24, 2.45) is 11.8 Å². The van der Waals surface area contributed by atoms with E-state index in [1.807, 2.05) is 19.1 Å². The van der Waals surface area contributed by atoms with Crippen LogP contribution in [0.1, 0.15) is 115 Å². The van der Waals surface area contributed by atoms with Gasteiger partial charge in [0.25, 0.3) is 0 Å². The second kappa shape index (κ2) is 32.9. The summed E-state index contributed by atoms with van der Waals surface area (Å²) >= 11 is 0. The maximum Gasteiger partial charge on any atom is 0.416 e. The molecule has 0 aliphatic carbocycles. The quantitative estimate of drug-likeness (QED) is 0.0177. The Labute approximate surface area is 509 Å². The third kappa shape index (κ3) is 22.1. The SMILES string of the molecule is CCCCCCCC(=O)NC(CCC(=O)OC(C)(C)C)C(=O)N[C@H]1C(COCc2ccc(OC)cc2)OCC(NC(=O)Nc2cccc(C(F)(F)F)c2)[C@H]1O[C@@H]1OC(COCc2ccc(OC)cc2)[C@@H](C)[C@H](C)C1NC(=O)Nc1cccc(C(F)(F)F)c1. The number of rotatable bonds is 28. The van der Waals surface area contributed by atoms with Gasteiger partial charge in [0.2, 0.25) is 11.8 Å². The number of unbranched alkanes of at least 4 members (excludes halogenated alkanes) is 4. The molecule has 0 bridgehead atoms. The maximum atomic E-state index is 15.1. The zero-order chi connectivity index (χ0) is 64.2. The summed E-state index contributed by atoms with van der Waals surface area (Å²) in [6.45, 7) is 10.1. The van der Waals surface area contributed by atoms with Crippen LogP contribution in [0.25, 0.3) is 0 Å². The normalized spacial score (nSPS) is 21.7. The molecule has 0 radical (unpaired) electrons. The first-order valence-electron chi connectivity index (χ1n) is 29.4. The van der Waals surface area contributed by atoms with Gasteiger partial charge in [0.15, 0.2) is 6.29 Å². The first-order chi connectivity index (χ1) is 41.7. The van der Waals surface area contributed by atoms with E-state index < -0.39 is 126 Å². The molecule has 2 aliphatic heterocycles. The van der Waals surface area contributed by atoms with E-state index in [0.717, 1.165) is 67.6 Å². The number of amides is 6. The molecule has 2 fully saturated rings. The Morgan fingerprint density at radius 1 is 0.636 bits per heavy atom. The number of anilines is 2. The van der Waals surface area contributed by atoms with Crippen LogP contribution in [0.2, 0.25) is 0 Å². The number of benzene rings is 4. The molecular weight excluding hydrogens is 1160 g/mol. The molecule has 4 aromatic rings. The van der Waals surface area contributed by atoms with Crippen LogP contribution in [-0.2, 0) is 68.4 Å². The van der Waals surface area contributed by atoms with Gasteiger partial charge in [-0.1, -0.05) is 82.9 Å². The van der Waals surface area contributed by atoms with Crippen LogP contribution in [0.15, 0.2) is 97.1 Å². The lowest BCUT2D eigenvalue weighted by molar-refractivity contribution is -0.277. The standard InChI is InChI=1S/C63H82F6N6O13/c1-9-10-11-12-13-20-52(76)72-48(29-30-53(77)88-61(4,5)6)57(78)74-55-51(37-84-34-41-23-27-47(82-8)28-24-41)85-35-49(73-59(79)70-44-18-14-16-42(31-44)62(64,65)66)56(55)87-58-54(75-60(80)71-45-19-15-17-43(32-45)63(67,68)69)39(3)38(2)50(86-58)36-83-33-40-21-25-46(81-7)26-22-40/h14-19,21-28,31-32,38-39,48-51,54-56,58H,9-13,20,29-30,33-37H2,1-8H3,(H,72,76)(H,74,78)(H2,70,73,79)(H2,71,75,80)/t38-,39-,48?,49?,50?,51?,54?,55-,56+,58-/m0/s1. The molecule has 4 aromatic carbocycles. The van der Waals surface area contributed by atoms with Gasteiger partial charge in [-0.05, 0) is 117 Å². The number of methoxy groups -OCH3 is 2.